The van der Waals surface area contributed by atoms with Crippen molar-refractivity contribution in [1.29, 1.82) is 0 Å². The summed E-state index contributed by atoms with van der Waals surface area (Å²) in [7, 11) is 3.27. The number of methoxy groups -OCH3 is 2. The quantitative estimate of drug-likeness (QED) is 0.736. The maximum absolute atomic E-state index is 6.32. The predicted octanol–water partition coefficient (Wildman–Crippen LogP) is 4.49. The lowest BCUT2D eigenvalue weighted by Crippen LogP contribution is -2.04. The standard InChI is InChI=1S/C20H20ClN3O2/c1-12-4-6-14(11-16(12)21)24-20-15(8-9-22-20)19(23-24)13-5-7-17(25-2)18(10-13)26-3/h4-7,10-11,22H,8-9H2,1-3H3. The molecule has 0 saturated heterocycles. The van der Waals surface area contributed by atoms with Gasteiger partial charge in [-0.1, -0.05) is 17.7 Å². The fraction of sp³-hybridized carbons (Fsp3) is 0.250. The van der Waals surface area contributed by atoms with E-state index in [-0.39, 0.29) is 0 Å². The SMILES string of the molecule is COc1ccc(-c2nn(-c3ccc(C)c(Cl)c3)c3c2CCN3)cc1OC. The van der Waals surface area contributed by atoms with E-state index in [9.17, 15) is 0 Å². The van der Waals surface area contributed by atoms with Crippen LogP contribution in [0.15, 0.2) is 36.4 Å². The summed E-state index contributed by atoms with van der Waals surface area (Å²) in [6.45, 7) is 2.89. The molecule has 134 valence electrons. The van der Waals surface area contributed by atoms with Gasteiger partial charge in [0, 0.05) is 22.7 Å². The molecule has 2 aromatic carbocycles. The Morgan fingerprint density at radius 1 is 1.08 bits per heavy atom. The molecular weight excluding hydrogens is 350 g/mol. The molecule has 1 aromatic heterocycles. The smallest absolute Gasteiger partial charge is 0.161 e. The van der Waals surface area contributed by atoms with Gasteiger partial charge in [-0.25, -0.2) is 4.68 Å². The molecule has 0 saturated carbocycles. The van der Waals surface area contributed by atoms with Crippen molar-refractivity contribution in [2.45, 2.75) is 13.3 Å². The highest BCUT2D eigenvalue weighted by atomic mass is 35.5. The van der Waals surface area contributed by atoms with Crippen LogP contribution < -0.4 is 14.8 Å². The van der Waals surface area contributed by atoms with Crippen LogP contribution in [-0.4, -0.2) is 30.5 Å². The Balaban J connectivity index is 1.85. The van der Waals surface area contributed by atoms with Crippen molar-refractivity contribution in [2.75, 3.05) is 26.1 Å². The Kier molecular flexibility index (Phi) is 4.24. The molecule has 6 heteroatoms. The molecule has 3 aromatic rings. The molecule has 0 unspecified atom stereocenters. The fourth-order valence-electron chi connectivity index (χ4n) is 3.29. The van der Waals surface area contributed by atoms with Gasteiger partial charge in [0.2, 0.25) is 0 Å². The van der Waals surface area contributed by atoms with Crippen molar-refractivity contribution in [1.82, 2.24) is 9.78 Å². The molecule has 1 N–H and O–H groups in total. The van der Waals surface area contributed by atoms with E-state index in [0.717, 1.165) is 46.3 Å². The molecule has 0 fully saturated rings. The molecule has 0 spiro atoms. The van der Waals surface area contributed by atoms with Gasteiger partial charge in [0.1, 0.15) is 5.82 Å². The summed E-state index contributed by atoms with van der Waals surface area (Å²) < 4.78 is 12.7. The molecule has 0 bridgehead atoms. The van der Waals surface area contributed by atoms with Crippen LogP contribution in [0.25, 0.3) is 16.9 Å². The van der Waals surface area contributed by atoms with E-state index in [2.05, 4.69) is 5.32 Å². The molecule has 0 amide bonds. The summed E-state index contributed by atoms with van der Waals surface area (Å²) >= 11 is 6.32. The molecular formula is C20H20ClN3O2. The van der Waals surface area contributed by atoms with Crippen LogP contribution in [0, 0.1) is 6.92 Å². The maximum Gasteiger partial charge on any atom is 0.161 e. The molecule has 0 radical (unpaired) electrons. The number of aromatic nitrogens is 2. The lowest BCUT2D eigenvalue weighted by molar-refractivity contribution is 0.355. The van der Waals surface area contributed by atoms with Crippen molar-refractivity contribution in [2.24, 2.45) is 0 Å². The third-order valence-corrected chi connectivity index (χ3v) is 5.12. The minimum absolute atomic E-state index is 0.692. The summed E-state index contributed by atoms with van der Waals surface area (Å²) in [6.07, 6.45) is 0.929. The van der Waals surface area contributed by atoms with Crippen LogP contribution in [0.3, 0.4) is 0 Å². The second kappa shape index (κ2) is 6.57. The second-order valence-corrected chi connectivity index (χ2v) is 6.67. The van der Waals surface area contributed by atoms with Gasteiger partial charge in [0.05, 0.1) is 25.6 Å². The molecule has 0 atom stereocenters. The zero-order valence-corrected chi connectivity index (χ0v) is 15.7. The number of fused-ring (bicyclic) bond motifs is 1. The van der Waals surface area contributed by atoms with E-state index >= 15 is 0 Å². The Labute approximate surface area is 157 Å². The van der Waals surface area contributed by atoms with Gasteiger partial charge in [-0.05, 0) is 49.2 Å². The number of rotatable bonds is 4. The van der Waals surface area contributed by atoms with Gasteiger partial charge in [-0.2, -0.15) is 5.10 Å². The van der Waals surface area contributed by atoms with E-state index in [1.165, 1.54) is 5.56 Å². The average molecular weight is 370 g/mol. The Morgan fingerprint density at radius 2 is 1.88 bits per heavy atom. The lowest BCUT2D eigenvalue weighted by Gasteiger charge is -2.09. The van der Waals surface area contributed by atoms with Crippen molar-refractivity contribution in [3.8, 4) is 28.4 Å². The second-order valence-electron chi connectivity index (χ2n) is 6.27. The molecule has 4 rings (SSSR count). The Hall–Kier alpha value is -2.66. The highest BCUT2D eigenvalue weighted by molar-refractivity contribution is 6.31. The topological polar surface area (TPSA) is 48.3 Å². The van der Waals surface area contributed by atoms with Crippen molar-refractivity contribution < 1.29 is 9.47 Å². The summed E-state index contributed by atoms with van der Waals surface area (Å²) in [6, 6.07) is 11.9. The van der Waals surface area contributed by atoms with E-state index in [1.807, 2.05) is 48.0 Å². The highest BCUT2D eigenvalue weighted by Gasteiger charge is 2.24. The van der Waals surface area contributed by atoms with E-state index in [0.29, 0.717) is 11.5 Å². The first kappa shape index (κ1) is 16.8. The molecule has 0 aliphatic carbocycles. The minimum Gasteiger partial charge on any atom is -0.493 e. The summed E-state index contributed by atoms with van der Waals surface area (Å²) in [4.78, 5) is 0. The number of aryl methyl sites for hydroxylation is 1. The van der Waals surface area contributed by atoms with Crippen LogP contribution >= 0.6 is 11.6 Å². The van der Waals surface area contributed by atoms with Gasteiger partial charge in [0.25, 0.3) is 0 Å². The average Bonchev–Trinajstić information content (AvgIpc) is 3.26. The van der Waals surface area contributed by atoms with Crippen LogP contribution in [0.5, 0.6) is 11.5 Å². The molecule has 1 aliphatic heterocycles. The summed E-state index contributed by atoms with van der Waals surface area (Å²) in [5.41, 5.74) is 5.14. The molecule has 5 nitrogen and oxygen atoms in total. The predicted molar refractivity (Wildman–Crippen MR) is 104 cm³/mol. The van der Waals surface area contributed by atoms with Crippen molar-refractivity contribution in [3.63, 3.8) is 0 Å². The molecule has 26 heavy (non-hydrogen) atoms. The van der Waals surface area contributed by atoms with E-state index < -0.39 is 0 Å². The number of hydrogen-bond donors (Lipinski definition) is 1. The van der Waals surface area contributed by atoms with E-state index in [4.69, 9.17) is 26.2 Å². The van der Waals surface area contributed by atoms with Crippen LogP contribution in [0.1, 0.15) is 11.1 Å². The van der Waals surface area contributed by atoms with Crippen LogP contribution in [0.2, 0.25) is 5.02 Å². The third-order valence-electron chi connectivity index (χ3n) is 4.71. The number of hydrogen-bond acceptors (Lipinski definition) is 4. The maximum atomic E-state index is 6.32. The Bertz CT molecular complexity index is 981. The lowest BCUT2D eigenvalue weighted by atomic mass is 10.1. The van der Waals surface area contributed by atoms with Gasteiger partial charge in [0.15, 0.2) is 11.5 Å². The van der Waals surface area contributed by atoms with Crippen molar-refractivity contribution >= 4 is 17.4 Å². The first-order valence-electron chi connectivity index (χ1n) is 8.47. The van der Waals surface area contributed by atoms with Crippen LogP contribution in [-0.2, 0) is 6.42 Å². The monoisotopic (exact) mass is 369 g/mol. The number of nitrogens with zero attached hydrogens (tertiary/aromatic N) is 2. The van der Waals surface area contributed by atoms with Crippen molar-refractivity contribution in [3.05, 3.63) is 52.5 Å². The first-order valence-corrected chi connectivity index (χ1v) is 8.85. The Morgan fingerprint density at radius 3 is 2.62 bits per heavy atom. The number of nitrogens with one attached hydrogen (secondary N) is 1. The largest absolute Gasteiger partial charge is 0.493 e. The highest BCUT2D eigenvalue weighted by Crippen LogP contribution is 2.38. The number of anilines is 1. The number of benzene rings is 2. The molecule has 2 heterocycles. The van der Waals surface area contributed by atoms with Gasteiger partial charge >= 0.3 is 0 Å². The number of ether oxygens (including phenoxy) is 2. The summed E-state index contributed by atoms with van der Waals surface area (Å²) in [5.74, 6) is 2.42. The van der Waals surface area contributed by atoms with Crippen LogP contribution in [0.4, 0.5) is 5.82 Å². The normalized spacial score (nSPS) is 12.6. The zero-order valence-electron chi connectivity index (χ0n) is 15.0. The van der Waals surface area contributed by atoms with E-state index in [1.54, 1.807) is 14.2 Å². The minimum atomic E-state index is 0.692. The molecule has 1 aliphatic rings. The van der Waals surface area contributed by atoms with Gasteiger partial charge in [-0.3, -0.25) is 0 Å². The van der Waals surface area contributed by atoms with Gasteiger partial charge in [-0.15, -0.1) is 0 Å². The first-order chi connectivity index (χ1) is 12.6. The fourth-order valence-corrected chi connectivity index (χ4v) is 3.47. The zero-order chi connectivity index (χ0) is 18.3. The third kappa shape index (κ3) is 2.69. The summed E-state index contributed by atoms with van der Waals surface area (Å²) in [5, 5.41) is 9.05. The number of halogens is 1. The van der Waals surface area contributed by atoms with Gasteiger partial charge < -0.3 is 14.8 Å².